The highest BCUT2D eigenvalue weighted by Crippen LogP contribution is 2.20. The van der Waals surface area contributed by atoms with Gasteiger partial charge in [-0.05, 0) is 17.9 Å². The molecule has 0 saturated carbocycles. The number of hydrogen-bond donors (Lipinski definition) is 2. The van der Waals surface area contributed by atoms with Gasteiger partial charge in [-0.3, -0.25) is 0 Å². The van der Waals surface area contributed by atoms with Crippen molar-refractivity contribution in [3.8, 4) is 0 Å². The fourth-order valence-corrected chi connectivity index (χ4v) is 1.48. The predicted octanol–water partition coefficient (Wildman–Crippen LogP) is 1.59. The lowest BCUT2D eigenvalue weighted by molar-refractivity contribution is 0.157. The third-order valence-corrected chi connectivity index (χ3v) is 2.83. The molecule has 0 fully saturated rings. The van der Waals surface area contributed by atoms with Gasteiger partial charge in [0, 0.05) is 26.5 Å². The minimum Gasteiger partial charge on any atom is -0.388 e. The summed E-state index contributed by atoms with van der Waals surface area (Å²) in [6, 6.07) is 1.70. The van der Waals surface area contributed by atoms with Crippen molar-refractivity contribution in [1.82, 2.24) is 9.97 Å². The molecule has 100 valence electrons. The molecule has 0 saturated heterocycles. The molecule has 0 unspecified atom stereocenters. The monoisotopic (exact) mass is 268 g/mol. The van der Waals surface area contributed by atoms with E-state index in [9.17, 15) is 0 Å². The Hall–Kier alpha value is -1.27. The van der Waals surface area contributed by atoms with Crippen LogP contribution in [0, 0.1) is 5.41 Å². The van der Waals surface area contributed by atoms with E-state index < -0.39 is 0 Å². The number of nitrogens with one attached hydrogen (secondary N) is 1. The van der Waals surface area contributed by atoms with Crippen molar-refractivity contribution in [2.75, 3.05) is 25.6 Å². The molecule has 0 aromatic carbocycles. The topological polar surface area (TPSA) is 73.1 Å². The summed E-state index contributed by atoms with van der Waals surface area (Å²) in [5.74, 6) is 0.547. The first kappa shape index (κ1) is 14.8. The third-order valence-electron chi connectivity index (χ3n) is 2.62. The van der Waals surface area contributed by atoms with E-state index in [1.807, 2.05) is 0 Å². The van der Waals surface area contributed by atoms with Crippen molar-refractivity contribution in [1.29, 1.82) is 0 Å². The number of thiocarbonyl (C=S) groups is 1. The van der Waals surface area contributed by atoms with Crippen LogP contribution >= 0.6 is 12.2 Å². The second-order valence-corrected chi connectivity index (χ2v) is 5.33. The van der Waals surface area contributed by atoms with Gasteiger partial charge in [0.25, 0.3) is 0 Å². The Kier molecular flexibility index (Phi) is 5.43. The summed E-state index contributed by atoms with van der Waals surface area (Å²) in [6.07, 6.45) is 2.61. The maximum atomic E-state index is 5.53. The minimum absolute atomic E-state index is 0.110. The molecule has 1 rings (SSSR count). The Morgan fingerprint density at radius 2 is 2.28 bits per heavy atom. The van der Waals surface area contributed by atoms with E-state index in [1.54, 1.807) is 19.4 Å². The largest absolute Gasteiger partial charge is 0.388 e. The molecule has 0 aliphatic carbocycles. The molecule has 5 nitrogen and oxygen atoms in total. The van der Waals surface area contributed by atoms with E-state index in [2.05, 4.69) is 29.1 Å². The number of nitrogens with two attached hydrogens (primary N) is 1. The molecule has 1 heterocycles. The number of rotatable bonds is 7. The minimum atomic E-state index is 0.110. The lowest BCUT2D eigenvalue weighted by Gasteiger charge is -2.24. The van der Waals surface area contributed by atoms with Crippen molar-refractivity contribution in [3.63, 3.8) is 0 Å². The van der Waals surface area contributed by atoms with E-state index in [1.165, 1.54) is 0 Å². The average molecular weight is 268 g/mol. The number of hydrogen-bond acceptors (Lipinski definition) is 5. The fraction of sp³-hybridized carbons (Fsp3) is 0.583. The Labute approximate surface area is 113 Å². The summed E-state index contributed by atoms with van der Waals surface area (Å²) in [6.45, 7) is 5.83. The molecule has 18 heavy (non-hydrogen) atoms. The van der Waals surface area contributed by atoms with Crippen LogP contribution in [0.25, 0.3) is 0 Å². The summed E-state index contributed by atoms with van der Waals surface area (Å²) in [7, 11) is 1.71. The van der Waals surface area contributed by atoms with Gasteiger partial charge in [-0.15, -0.1) is 0 Å². The van der Waals surface area contributed by atoms with Gasteiger partial charge in [0.2, 0.25) is 5.95 Å². The molecular weight excluding hydrogens is 248 g/mol. The zero-order valence-electron chi connectivity index (χ0n) is 11.1. The van der Waals surface area contributed by atoms with E-state index in [4.69, 9.17) is 22.7 Å². The number of nitrogens with zero attached hydrogens (tertiary/aromatic N) is 2. The van der Waals surface area contributed by atoms with Crippen molar-refractivity contribution < 1.29 is 4.74 Å². The van der Waals surface area contributed by atoms with Crippen LogP contribution in [-0.4, -0.2) is 35.2 Å². The van der Waals surface area contributed by atoms with E-state index in [0.717, 1.165) is 19.6 Å². The molecular formula is C12H20N4OS. The first-order chi connectivity index (χ1) is 8.44. The molecule has 6 heteroatoms. The molecule has 1 aromatic heterocycles. The first-order valence-corrected chi connectivity index (χ1v) is 6.21. The maximum Gasteiger partial charge on any atom is 0.223 e. The fourth-order valence-electron chi connectivity index (χ4n) is 1.37. The molecule has 0 radical (unpaired) electrons. The van der Waals surface area contributed by atoms with Crippen LogP contribution in [0.15, 0.2) is 12.3 Å². The maximum absolute atomic E-state index is 5.53. The van der Waals surface area contributed by atoms with Crippen molar-refractivity contribution in [2.45, 2.75) is 20.3 Å². The molecule has 0 spiro atoms. The van der Waals surface area contributed by atoms with Gasteiger partial charge in [-0.1, -0.05) is 26.1 Å². The van der Waals surface area contributed by atoms with Crippen LogP contribution < -0.4 is 11.1 Å². The van der Waals surface area contributed by atoms with Gasteiger partial charge in [0.05, 0.1) is 0 Å². The summed E-state index contributed by atoms with van der Waals surface area (Å²) < 4.78 is 5.09. The summed E-state index contributed by atoms with van der Waals surface area (Å²) >= 11 is 4.88. The molecule has 0 aliphatic heterocycles. The summed E-state index contributed by atoms with van der Waals surface area (Å²) in [5.41, 5.74) is 6.22. The number of aromatic nitrogens is 2. The Bertz CT molecular complexity index is 409. The average Bonchev–Trinajstić information content (AvgIpc) is 2.34. The highest BCUT2D eigenvalue weighted by atomic mass is 32.1. The van der Waals surface area contributed by atoms with E-state index in [0.29, 0.717) is 11.6 Å². The van der Waals surface area contributed by atoms with Gasteiger partial charge in [-0.25, -0.2) is 9.97 Å². The Morgan fingerprint density at radius 3 is 2.89 bits per heavy atom. The van der Waals surface area contributed by atoms with Gasteiger partial charge in [0.1, 0.15) is 10.7 Å². The van der Waals surface area contributed by atoms with Crippen molar-refractivity contribution in [3.05, 3.63) is 18.0 Å². The highest BCUT2D eigenvalue weighted by molar-refractivity contribution is 7.80. The van der Waals surface area contributed by atoms with E-state index >= 15 is 0 Å². The zero-order chi connectivity index (χ0) is 13.6. The predicted molar refractivity (Wildman–Crippen MR) is 76.7 cm³/mol. The summed E-state index contributed by atoms with van der Waals surface area (Å²) in [4.78, 5) is 8.65. The van der Waals surface area contributed by atoms with Crippen molar-refractivity contribution >= 4 is 23.2 Å². The SMILES string of the molecule is COCCC(C)(C)CNc1nccc(C(N)=S)n1. The molecule has 1 aromatic rings. The Balaban J connectivity index is 2.57. The van der Waals surface area contributed by atoms with Crippen LogP contribution in [-0.2, 0) is 4.74 Å². The second-order valence-electron chi connectivity index (χ2n) is 4.89. The summed E-state index contributed by atoms with van der Waals surface area (Å²) in [5, 5.41) is 3.20. The quantitative estimate of drug-likeness (QED) is 0.732. The first-order valence-electron chi connectivity index (χ1n) is 5.80. The number of anilines is 1. The van der Waals surface area contributed by atoms with Crippen molar-refractivity contribution in [2.24, 2.45) is 11.1 Å². The molecule has 0 bridgehead atoms. The Morgan fingerprint density at radius 1 is 1.56 bits per heavy atom. The van der Waals surface area contributed by atoms with Crippen LogP contribution in [0.1, 0.15) is 26.0 Å². The number of ether oxygens (including phenoxy) is 1. The molecule has 0 amide bonds. The van der Waals surface area contributed by atoms with Gasteiger partial charge in [-0.2, -0.15) is 0 Å². The standard InChI is InChI=1S/C12H20N4OS/c1-12(2,5-7-17-3)8-15-11-14-6-4-9(16-11)10(13)18/h4,6H,5,7-8H2,1-3H3,(H2,13,18)(H,14,15,16). The van der Waals surface area contributed by atoms with E-state index in [-0.39, 0.29) is 10.4 Å². The third kappa shape index (κ3) is 4.93. The van der Waals surface area contributed by atoms with Crippen LogP contribution in [0.3, 0.4) is 0 Å². The lowest BCUT2D eigenvalue weighted by Crippen LogP contribution is -2.25. The number of methoxy groups -OCH3 is 1. The van der Waals surface area contributed by atoms with Crippen LogP contribution in [0.5, 0.6) is 0 Å². The lowest BCUT2D eigenvalue weighted by atomic mass is 9.90. The molecule has 0 atom stereocenters. The normalized spacial score (nSPS) is 11.3. The molecule has 0 aliphatic rings. The van der Waals surface area contributed by atoms with Gasteiger partial charge in [0.15, 0.2) is 0 Å². The van der Waals surface area contributed by atoms with Crippen LogP contribution in [0.4, 0.5) is 5.95 Å². The smallest absolute Gasteiger partial charge is 0.223 e. The second kappa shape index (κ2) is 6.61. The van der Waals surface area contributed by atoms with Crippen LogP contribution in [0.2, 0.25) is 0 Å². The highest BCUT2D eigenvalue weighted by Gasteiger charge is 2.17. The van der Waals surface area contributed by atoms with Gasteiger partial charge >= 0.3 is 0 Å². The molecule has 3 N–H and O–H groups in total. The van der Waals surface area contributed by atoms with Gasteiger partial charge < -0.3 is 15.8 Å². The zero-order valence-corrected chi connectivity index (χ0v) is 11.9.